The van der Waals surface area contributed by atoms with Gasteiger partial charge in [-0.05, 0) is 38.5 Å². The van der Waals surface area contributed by atoms with Gasteiger partial charge in [-0.25, -0.2) is 0 Å². The average molecular weight is 326 g/mol. The Morgan fingerprint density at radius 1 is 0.750 bits per heavy atom. The van der Waals surface area contributed by atoms with Gasteiger partial charge >= 0.3 is 23.9 Å². The van der Waals surface area contributed by atoms with Crippen molar-refractivity contribution in [3.05, 3.63) is 11.1 Å². The van der Waals surface area contributed by atoms with E-state index in [2.05, 4.69) is 0 Å². The SMILES string of the molecule is O=C1OC(=O)[C@H]2[C@H]1[C@@]13C[C@@]14C(=O)OC(=O)[C@]41CCC3=C3CCC[C@]321. The molecule has 0 aromatic rings. The lowest BCUT2D eigenvalue weighted by molar-refractivity contribution is -0.179. The number of carbonyl (C=O) groups is 4. The zero-order valence-corrected chi connectivity index (χ0v) is 12.8. The van der Waals surface area contributed by atoms with Gasteiger partial charge in [-0.3, -0.25) is 19.2 Å². The average Bonchev–Trinajstić information content (AvgIpc) is 2.79. The summed E-state index contributed by atoms with van der Waals surface area (Å²) in [4.78, 5) is 51.1. The maximum absolute atomic E-state index is 13.0. The predicted octanol–water partition coefficient (Wildman–Crippen LogP) is 1.04. The van der Waals surface area contributed by atoms with Crippen molar-refractivity contribution in [1.29, 1.82) is 0 Å². The molecule has 6 heteroatoms. The molecule has 0 N–H and O–H groups in total. The first-order valence-electron chi connectivity index (χ1n) is 8.74. The van der Waals surface area contributed by atoms with Crippen LogP contribution in [0, 0.1) is 33.5 Å². The van der Waals surface area contributed by atoms with Crippen LogP contribution in [0.25, 0.3) is 0 Å². The third-order valence-corrected chi connectivity index (χ3v) is 8.85. The van der Waals surface area contributed by atoms with Gasteiger partial charge in [-0.1, -0.05) is 11.1 Å². The zero-order chi connectivity index (χ0) is 16.3. The van der Waals surface area contributed by atoms with Gasteiger partial charge in [0.1, 0.15) is 0 Å². The second-order valence-electron chi connectivity index (χ2n) is 8.61. The smallest absolute Gasteiger partial charge is 0.321 e. The van der Waals surface area contributed by atoms with Crippen molar-refractivity contribution in [1.82, 2.24) is 0 Å². The Bertz CT molecular complexity index is 899. The van der Waals surface area contributed by atoms with E-state index in [0.717, 1.165) is 19.3 Å². The molecule has 2 aliphatic heterocycles. The largest absolute Gasteiger partial charge is 0.393 e. The molecule has 0 aromatic carbocycles. The van der Waals surface area contributed by atoms with Crippen LogP contribution in [0.15, 0.2) is 11.1 Å². The molecule has 2 heterocycles. The Labute approximate surface area is 136 Å². The fourth-order valence-electron chi connectivity index (χ4n) is 8.64. The lowest BCUT2D eigenvalue weighted by Gasteiger charge is -2.64. The minimum Gasteiger partial charge on any atom is -0.393 e. The van der Waals surface area contributed by atoms with Gasteiger partial charge in [0.25, 0.3) is 0 Å². The summed E-state index contributed by atoms with van der Waals surface area (Å²) in [5, 5.41) is 0. The highest BCUT2D eigenvalue weighted by Gasteiger charge is 3.02. The Morgan fingerprint density at radius 2 is 1.42 bits per heavy atom. The molecule has 7 aliphatic carbocycles. The first-order chi connectivity index (χ1) is 11.5. The number of hydrogen-bond acceptors (Lipinski definition) is 6. The minimum atomic E-state index is -0.935. The van der Waals surface area contributed by atoms with Gasteiger partial charge in [0.05, 0.1) is 22.7 Å². The molecular weight excluding hydrogens is 312 g/mol. The van der Waals surface area contributed by atoms with Crippen molar-refractivity contribution in [3.63, 3.8) is 0 Å². The van der Waals surface area contributed by atoms with Crippen LogP contribution >= 0.6 is 0 Å². The Balaban J connectivity index is 1.70. The molecule has 4 spiro atoms. The number of fused-ring (bicyclic) bond motifs is 1. The Morgan fingerprint density at radius 3 is 2.21 bits per heavy atom. The van der Waals surface area contributed by atoms with E-state index in [4.69, 9.17) is 9.47 Å². The number of hydrogen-bond donors (Lipinski definition) is 0. The maximum Gasteiger partial charge on any atom is 0.321 e. The van der Waals surface area contributed by atoms with E-state index in [1.807, 2.05) is 0 Å². The van der Waals surface area contributed by atoms with E-state index >= 15 is 0 Å². The van der Waals surface area contributed by atoms with Gasteiger partial charge in [0.2, 0.25) is 0 Å². The van der Waals surface area contributed by atoms with Gasteiger partial charge < -0.3 is 9.47 Å². The molecule has 9 aliphatic rings. The van der Waals surface area contributed by atoms with Crippen LogP contribution in [0.3, 0.4) is 0 Å². The van der Waals surface area contributed by atoms with Crippen LogP contribution in [-0.2, 0) is 28.7 Å². The first-order valence-corrected chi connectivity index (χ1v) is 8.74. The molecule has 4 saturated carbocycles. The molecule has 0 unspecified atom stereocenters. The normalized spacial score (nSPS) is 57.7. The molecule has 2 saturated heterocycles. The van der Waals surface area contributed by atoms with Gasteiger partial charge in [-0.15, -0.1) is 0 Å². The highest BCUT2D eigenvalue weighted by atomic mass is 16.6. The van der Waals surface area contributed by atoms with Gasteiger partial charge in [-0.2, -0.15) is 0 Å². The molecule has 6 nitrogen and oxygen atoms in total. The lowest BCUT2D eigenvalue weighted by Crippen LogP contribution is -2.68. The predicted molar refractivity (Wildman–Crippen MR) is 73.6 cm³/mol. The standard InChI is InChI=1S/C18H14O6/c19-11-9-10(12(20)23-11)16-6-18(16)14(22)24-13(21)17(18)5-3-8(16)7-2-1-4-15(7,9)17/h9-10H,1-6H2/t9-,10-,15+,16+,17+,18-/m1/s1. The number of ether oxygens (including phenoxy) is 2. The van der Waals surface area contributed by atoms with Crippen LogP contribution in [0.4, 0.5) is 0 Å². The summed E-state index contributed by atoms with van der Waals surface area (Å²) in [5.41, 5.74) is -0.832. The third kappa shape index (κ3) is 0.696. The first kappa shape index (κ1) is 12.4. The monoisotopic (exact) mass is 326 g/mol. The second kappa shape index (κ2) is 2.89. The molecule has 122 valence electrons. The summed E-state index contributed by atoms with van der Waals surface area (Å²) in [6.07, 6.45) is 4.22. The highest BCUT2D eigenvalue weighted by molar-refractivity contribution is 6.12. The third-order valence-electron chi connectivity index (χ3n) is 8.85. The second-order valence-corrected chi connectivity index (χ2v) is 8.61. The van der Waals surface area contributed by atoms with Crippen LogP contribution in [0.2, 0.25) is 0 Å². The van der Waals surface area contributed by atoms with Crippen molar-refractivity contribution < 1.29 is 28.7 Å². The van der Waals surface area contributed by atoms with Crippen LogP contribution in [-0.4, -0.2) is 23.9 Å². The summed E-state index contributed by atoms with van der Waals surface area (Å²) in [7, 11) is 0. The van der Waals surface area contributed by atoms with Crippen molar-refractivity contribution in [3.8, 4) is 0 Å². The van der Waals surface area contributed by atoms with E-state index in [1.54, 1.807) is 0 Å². The molecule has 24 heavy (non-hydrogen) atoms. The fourth-order valence-corrected chi connectivity index (χ4v) is 8.64. The van der Waals surface area contributed by atoms with E-state index in [1.165, 1.54) is 11.1 Å². The number of cyclic esters (lactones) is 4. The number of rotatable bonds is 0. The van der Waals surface area contributed by atoms with E-state index in [9.17, 15) is 19.2 Å². The zero-order valence-electron chi connectivity index (χ0n) is 12.8. The topological polar surface area (TPSA) is 86.7 Å². The van der Waals surface area contributed by atoms with E-state index in [-0.39, 0.29) is 0 Å². The molecule has 9 rings (SSSR count). The number of esters is 4. The summed E-state index contributed by atoms with van der Waals surface area (Å²) >= 11 is 0. The van der Waals surface area contributed by atoms with Crippen LogP contribution < -0.4 is 0 Å². The van der Waals surface area contributed by atoms with E-state index < -0.39 is 57.4 Å². The highest BCUT2D eigenvalue weighted by Crippen LogP contribution is 2.98. The molecule has 0 radical (unpaired) electrons. The quantitative estimate of drug-likeness (QED) is 0.375. The van der Waals surface area contributed by atoms with Gasteiger partial charge in [0.15, 0.2) is 0 Å². The molecule has 0 aromatic heterocycles. The summed E-state index contributed by atoms with van der Waals surface area (Å²) < 4.78 is 10.3. The van der Waals surface area contributed by atoms with Crippen molar-refractivity contribution in [2.75, 3.05) is 0 Å². The molecule has 6 fully saturated rings. The summed E-state index contributed by atoms with van der Waals surface area (Å²) in [6.45, 7) is 0. The number of carbonyl (C=O) groups excluding carboxylic acids is 4. The van der Waals surface area contributed by atoms with Crippen molar-refractivity contribution in [2.24, 2.45) is 33.5 Å². The molecule has 4 bridgehead atoms. The van der Waals surface area contributed by atoms with Crippen molar-refractivity contribution in [2.45, 2.75) is 38.5 Å². The molecule has 6 atom stereocenters. The summed E-state index contributed by atoms with van der Waals surface area (Å²) in [5.74, 6) is -3.07. The van der Waals surface area contributed by atoms with Crippen LogP contribution in [0.5, 0.6) is 0 Å². The van der Waals surface area contributed by atoms with Gasteiger partial charge in [0, 0.05) is 10.8 Å². The Kier molecular flexibility index (Phi) is 1.49. The van der Waals surface area contributed by atoms with Crippen molar-refractivity contribution >= 4 is 23.9 Å². The molecule has 0 amide bonds. The minimum absolute atomic E-state index is 0.446. The fraction of sp³-hybridized carbons (Fsp3) is 0.667. The lowest BCUT2D eigenvalue weighted by atomic mass is 9.33. The Hall–Kier alpha value is -1.98. The maximum atomic E-state index is 13.0. The van der Waals surface area contributed by atoms with Crippen LogP contribution in [0.1, 0.15) is 38.5 Å². The van der Waals surface area contributed by atoms with E-state index in [0.29, 0.717) is 19.3 Å². The number of allylic oxidation sites excluding steroid dienone is 2. The summed E-state index contributed by atoms with van der Waals surface area (Å²) in [6, 6.07) is 0. The molecular formula is C18H14O6.